The first-order valence-electron chi connectivity index (χ1n) is 6.90. The minimum absolute atomic E-state index is 0.0242. The van der Waals surface area contributed by atoms with Gasteiger partial charge in [-0.1, -0.05) is 13.3 Å². The standard InChI is InChI=1S/C13H26BrN5O/c1-5-6-11(20-4)12(17-15)13-10(14)9-16-19(13)8-7-18(2)3/h9,11-12,17H,5-8,15H2,1-4H3. The van der Waals surface area contributed by atoms with Crippen molar-refractivity contribution in [3.63, 3.8) is 0 Å². The average molecular weight is 348 g/mol. The van der Waals surface area contributed by atoms with E-state index in [1.165, 1.54) is 0 Å². The summed E-state index contributed by atoms with van der Waals surface area (Å²) in [5, 5.41) is 4.43. The highest BCUT2D eigenvalue weighted by Gasteiger charge is 2.27. The summed E-state index contributed by atoms with van der Waals surface area (Å²) >= 11 is 3.57. The Morgan fingerprint density at radius 3 is 2.75 bits per heavy atom. The molecule has 0 spiro atoms. The Morgan fingerprint density at radius 2 is 2.25 bits per heavy atom. The van der Waals surface area contributed by atoms with Crippen LogP contribution in [0, 0.1) is 0 Å². The second-order valence-corrected chi connectivity index (χ2v) is 5.97. The highest BCUT2D eigenvalue weighted by molar-refractivity contribution is 9.10. The Balaban J connectivity index is 2.98. The van der Waals surface area contributed by atoms with Crippen molar-refractivity contribution in [2.75, 3.05) is 27.7 Å². The molecule has 0 aliphatic rings. The number of nitrogens with one attached hydrogen (secondary N) is 1. The zero-order valence-electron chi connectivity index (χ0n) is 12.8. The molecule has 1 aromatic heterocycles. The van der Waals surface area contributed by atoms with Crippen molar-refractivity contribution in [2.24, 2.45) is 5.84 Å². The molecular weight excluding hydrogens is 322 g/mol. The van der Waals surface area contributed by atoms with Crippen LogP contribution >= 0.6 is 15.9 Å². The van der Waals surface area contributed by atoms with Crippen LogP contribution in [-0.4, -0.2) is 48.5 Å². The van der Waals surface area contributed by atoms with Crippen LogP contribution in [0.5, 0.6) is 0 Å². The molecule has 0 saturated carbocycles. The Kier molecular flexibility index (Phi) is 7.68. The lowest BCUT2D eigenvalue weighted by molar-refractivity contribution is 0.0574. The van der Waals surface area contributed by atoms with E-state index < -0.39 is 0 Å². The number of hydrogen-bond donors (Lipinski definition) is 2. The van der Waals surface area contributed by atoms with Crippen LogP contribution in [-0.2, 0) is 11.3 Å². The number of nitrogens with zero attached hydrogens (tertiary/aromatic N) is 3. The zero-order chi connectivity index (χ0) is 15.1. The first-order valence-corrected chi connectivity index (χ1v) is 7.69. The van der Waals surface area contributed by atoms with Gasteiger partial charge in [-0.3, -0.25) is 10.5 Å². The summed E-state index contributed by atoms with van der Waals surface area (Å²) in [4.78, 5) is 2.13. The molecule has 0 aromatic carbocycles. The van der Waals surface area contributed by atoms with Gasteiger partial charge in [0.25, 0.3) is 0 Å². The highest BCUT2D eigenvalue weighted by atomic mass is 79.9. The van der Waals surface area contributed by atoms with Gasteiger partial charge in [0.05, 0.1) is 35.1 Å². The molecule has 1 heterocycles. The predicted molar refractivity (Wildman–Crippen MR) is 84.3 cm³/mol. The predicted octanol–water partition coefficient (Wildman–Crippen LogP) is 1.53. The van der Waals surface area contributed by atoms with Gasteiger partial charge in [0.2, 0.25) is 0 Å². The smallest absolute Gasteiger partial charge is 0.0901 e. The number of likely N-dealkylation sites (N-methyl/N-ethyl adjacent to an activating group) is 1. The van der Waals surface area contributed by atoms with Gasteiger partial charge >= 0.3 is 0 Å². The molecular formula is C13H26BrN5O. The summed E-state index contributed by atoms with van der Waals surface area (Å²) in [7, 11) is 5.82. The van der Waals surface area contributed by atoms with E-state index >= 15 is 0 Å². The molecule has 0 fully saturated rings. The number of rotatable bonds is 9. The van der Waals surface area contributed by atoms with Crippen LogP contribution < -0.4 is 11.3 Å². The fourth-order valence-corrected chi connectivity index (χ4v) is 2.76. The second kappa shape index (κ2) is 8.74. The van der Waals surface area contributed by atoms with E-state index in [9.17, 15) is 0 Å². The highest BCUT2D eigenvalue weighted by Crippen LogP contribution is 2.28. The summed E-state index contributed by atoms with van der Waals surface area (Å²) in [6.07, 6.45) is 3.82. The molecule has 0 amide bonds. The molecule has 1 rings (SSSR count). The van der Waals surface area contributed by atoms with E-state index in [1.54, 1.807) is 7.11 Å². The number of methoxy groups -OCH3 is 1. The summed E-state index contributed by atoms with van der Waals surface area (Å²) in [6.45, 7) is 3.87. The molecule has 0 aliphatic carbocycles. The molecule has 0 radical (unpaired) electrons. The maximum absolute atomic E-state index is 5.76. The fraction of sp³-hybridized carbons (Fsp3) is 0.769. The average Bonchev–Trinajstić information content (AvgIpc) is 2.78. The maximum Gasteiger partial charge on any atom is 0.0901 e. The molecule has 6 nitrogen and oxygen atoms in total. The van der Waals surface area contributed by atoms with Gasteiger partial charge < -0.3 is 9.64 Å². The molecule has 2 atom stereocenters. The van der Waals surface area contributed by atoms with Crippen molar-refractivity contribution in [1.82, 2.24) is 20.1 Å². The topological polar surface area (TPSA) is 68.3 Å². The Morgan fingerprint density at radius 1 is 1.55 bits per heavy atom. The first kappa shape index (κ1) is 17.6. The summed E-state index contributed by atoms with van der Waals surface area (Å²) < 4.78 is 8.53. The molecule has 2 unspecified atom stereocenters. The third-order valence-electron chi connectivity index (χ3n) is 3.31. The van der Waals surface area contributed by atoms with Crippen molar-refractivity contribution in [3.05, 3.63) is 16.4 Å². The number of aromatic nitrogens is 2. The van der Waals surface area contributed by atoms with E-state index in [4.69, 9.17) is 10.6 Å². The molecule has 7 heteroatoms. The van der Waals surface area contributed by atoms with Crippen LogP contribution in [0.3, 0.4) is 0 Å². The van der Waals surface area contributed by atoms with Crippen molar-refractivity contribution in [1.29, 1.82) is 0 Å². The maximum atomic E-state index is 5.76. The van der Waals surface area contributed by atoms with Crippen LogP contribution in [0.15, 0.2) is 10.7 Å². The van der Waals surface area contributed by atoms with E-state index in [0.29, 0.717) is 0 Å². The van der Waals surface area contributed by atoms with E-state index in [0.717, 1.165) is 36.1 Å². The Bertz CT molecular complexity index is 396. The van der Waals surface area contributed by atoms with Gasteiger partial charge in [-0.05, 0) is 36.4 Å². The lowest BCUT2D eigenvalue weighted by Crippen LogP contribution is -2.39. The van der Waals surface area contributed by atoms with Crippen molar-refractivity contribution < 1.29 is 4.74 Å². The Labute approximate surface area is 129 Å². The minimum Gasteiger partial charge on any atom is -0.379 e. The van der Waals surface area contributed by atoms with Gasteiger partial charge in [0.1, 0.15) is 0 Å². The van der Waals surface area contributed by atoms with Crippen molar-refractivity contribution in [2.45, 2.75) is 38.5 Å². The van der Waals surface area contributed by atoms with Gasteiger partial charge in [0.15, 0.2) is 0 Å². The molecule has 116 valence electrons. The van der Waals surface area contributed by atoms with Crippen molar-refractivity contribution in [3.8, 4) is 0 Å². The van der Waals surface area contributed by atoms with Gasteiger partial charge in [0, 0.05) is 13.7 Å². The number of halogens is 1. The van der Waals surface area contributed by atoms with Crippen LogP contribution in [0.1, 0.15) is 31.5 Å². The largest absolute Gasteiger partial charge is 0.379 e. The quantitative estimate of drug-likeness (QED) is 0.523. The lowest BCUT2D eigenvalue weighted by Gasteiger charge is -2.26. The monoisotopic (exact) mass is 347 g/mol. The molecule has 3 N–H and O–H groups in total. The zero-order valence-corrected chi connectivity index (χ0v) is 14.4. The number of hydrogen-bond acceptors (Lipinski definition) is 5. The normalized spacial score (nSPS) is 14.8. The molecule has 1 aromatic rings. The van der Waals surface area contributed by atoms with Gasteiger partial charge in [-0.15, -0.1) is 0 Å². The van der Waals surface area contributed by atoms with Gasteiger partial charge in [-0.2, -0.15) is 5.10 Å². The van der Waals surface area contributed by atoms with E-state index in [2.05, 4.69) is 38.3 Å². The third kappa shape index (κ3) is 4.53. The second-order valence-electron chi connectivity index (χ2n) is 5.11. The number of nitrogens with two attached hydrogens (primary N) is 1. The Hall–Kier alpha value is -0.470. The molecule has 0 aliphatic heterocycles. The van der Waals surface area contributed by atoms with Crippen LogP contribution in [0.4, 0.5) is 0 Å². The molecule has 0 saturated heterocycles. The minimum atomic E-state index is -0.0843. The van der Waals surface area contributed by atoms with Gasteiger partial charge in [-0.25, -0.2) is 5.43 Å². The lowest BCUT2D eigenvalue weighted by atomic mass is 10.0. The summed E-state index contributed by atoms with van der Waals surface area (Å²) in [6, 6.07) is -0.0843. The van der Waals surface area contributed by atoms with E-state index in [-0.39, 0.29) is 12.1 Å². The SMILES string of the molecule is CCCC(OC)C(NN)c1c(Br)cnn1CCN(C)C. The van der Waals surface area contributed by atoms with E-state index in [1.807, 2.05) is 25.0 Å². The van der Waals surface area contributed by atoms with Crippen LogP contribution in [0.2, 0.25) is 0 Å². The molecule has 0 bridgehead atoms. The summed E-state index contributed by atoms with van der Waals surface area (Å²) in [5.74, 6) is 5.76. The first-order chi connectivity index (χ1) is 9.54. The van der Waals surface area contributed by atoms with Crippen molar-refractivity contribution >= 4 is 15.9 Å². The fourth-order valence-electron chi connectivity index (χ4n) is 2.22. The number of hydrazine groups is 1. The third-order valence-corrected chi connectivity index (χ3v) is 3.93. The summed E-state index contributed by atoms with van der Waals surface area (Å²) in [5.41, 5.74) is 3.92. The number of ether oxygens (including phenoxy) is 1. The van der Waals surface area contributed by atoms with Crippen LogP contribution in [0.25, 0.3) is 0 Å². The molecule has 20 heavy (non-hydrogen) atoms.